The Hall–Kier alpha value is -1.86. The highest BCUT2D eigenvalue weighted by atomic mass is 16.2. The zero-order valence-electron chi connectivity index (χ0n) is 11.7. The molecule has 1 aromatic heterocycles. The van der Waals surface area contributed by atoms with Crippen molar-refractivity contribution in [2.24, 2.45) is 11.8 Å². The molecule has 1 aromatic rings. The second kappa shape index (κ2) is 7.06. The van der Waals surface area contributed by atoms with E-state index in [1.165, 1.54) is 19.3 Å². The molecular weight excluding hydrogens is 252 g/mol. The quantitative estimate of drug-likeness (QED) is 0.821. The summed E-state index contributed by atoms with van der Waals surface area (Å²) in [7, 11) is 0. The number of aliphatic hydroxyl groups excluding tert-OH is 1. The third-order valence-corrected chi connectivity index (χ3v) is 3.89. The summed E-state index contributed by atoms with van der Waals surface area (Å²) in [5, 5.41) is 11.7. The lowest BCUT2D eigenvalue weighted by Crippen LogP contribution is -2.31. The van der Waals surface area contributed by atoms with Crippen LogP contribution in [0.4, 0.5) is 0 Å². The average Bonchev–Trinajstić information content (AvgIpc) is 2.88. The summed E-state index contributed by atoms with van der Waals surface area (Å²) in [5.41, 5.74) is 0.887. The van der Waals surface area contributed by atoms with Crippen LogP contribution in [0, 0.1) is 23.7 Å². The van der Waals surface area contributed by atoms with E-state index in [2.05, 4.69) is 29.1 Å². The number of hydrogen-bond donors (Lipinski definition) is 2. The van der Waals surface area contributed by atoms with Crippen molar-refractivity contribution < 1.29 is 9.90 Å². The summed E-state index contributed by atoms with van der Waals surface area (Å²) in [6.45, 7) is 2.71. The molecule has 1 aliphatic carbocycles. The summed E-state index contributed by atoms with van der Waals surface area (Å²) < 4.78 is 0. The van der Waals surface area contributed by atoms with Gasteiger partial charge in [-0.15, -0.1) is 0 Å². The molecule has 2 rings (SSSR count). The zero-order chi connectivity index (χ0) is 14.4. The van der Waals surface area contributed by atoms with Gasteiger partial charge in [-0.25, -0.2) is 4.98 Å². The van der Waals surface area contributed by atoms with Crippen molar-refractivity contribution in [1.29, 1.82) is 0 Å². The van der Waals surface area contributed by atoms with E-state index in [0.29, 0.717) is 29.6 Å². The predicted octanol–water partition coefficient (Wildman–Crippen LogP) is 1.59. The molecule has 106 valence electrons. The molecule has 20 heavy (non-hydrogen) atoms. The van der Waals surface area contributed by atoms with Gasteiger partial charge in [0.05, 0.1) is 5.56 Å². The molecule has 0 aromatic carbocycles. The Morgan fingerprint density at radius 3 is 3.10 bits per heavy atom. The number of amides is 1. The van der Waals surface area contributed by atoms with Crippen LogP contribution in [0.25, 0.3) is 0 Å². The van der Waals surface area contributed by atoms with Crippen molar-refractivity contribution in [3.63, 3.8) is 0 Å². The number of aromatic nitrogens is 1. The summed E-state index contributed by atoms with van der Waals surface area (Å²) in [6, 6.07) is 3.47. The molecule has 0 radical (unpaired) electrons. The molecule has 4 nitrogen and oxygen atoms in total. The molecule has 1 aliphatic rings. The van der Waals surface area contributed by atoms with Crippen LogP contribution in [0.15, 0.2) is 18.3 Å². The number of pyridine rings is 1. The Morgan fingerprint density at radius 2 is 2.40 bits per heavy atom. The van der Waals surface area contributed by atoms with Gasteiger partial charge in [-0.05, 0) is 30.4 Å². The van der Waals surface area contributed by atoms with Crippen LogP contribution in [-0.4, -0.2) is 29.1 Å². The van der Waals surface area contributed by atoms with E-state index in [-0.39, 0.29) is 12.5 Å². The van der Waals surface area contributed by atoms with Gasteiger partial charge in [-0.1, -0.05) is 31.6 Å². The highest BCUT2D eigenvalue weighted by molar-refractivity contribution is 5.94. The SMILES string of the molecule is CC1CCCC1CNC(=O)c1ncccc1C#CCO. The molecule has 4 heteroatoms. The van der Waals surface area contributed by atoms with Crippen LogP contribution < -0.4 is 5.32 Å². The lowest BCUT2D eigenvalue weighted by atomic mass is 9.98. The minimum Gasteiger partial charge on any atom is -0.384 e. The van der Waals surface area contributed by atoms with E-state index < -0.39 is 0 Å². The minimum absolute atomic E-state index is 0.188. The molecular formula is C16H20N2O2. The maximum atomic E-state index is 12.2. The van der Waals surface area contributed by atoms with Crippen LogP contribution in [0.5, 0.6) is 0 Å². The van der Waals surface area contributed by atoms with Crippen molar-refractivity contribution in [2.75, 3.05) is 13.2 Å². The molecule has 1 heterocycles. The smallest absolute Gasteiger partial charge is 0.271 e. The summed E-state index contributed by atoms with van der Waals surface area (Å²) >= 11 is 0. The minimum atomic E-state index is -0.227. The second-order valence-corrected chi connectivity index (χ2v) is 5.24. The van der Waals surface area contributed by atoms with Crippen LogP contribution in [-0.2, 0) is 0 Å². The van der Waals surface area contributed by atoms with Crippen molar-refractivity contribution in [1.82, 2.24) is 10.3 Å². The first-order valence-corrected chi connectivity index (χ1v) is 7.05. The lowest BCUT2D eigenvalue weighted by molar-refractivity contribution is 0.0939. The molecule has 2 atom stereocenters. The number of nitrogens with one attached hydrogen (secondary N) is 1. The first kappa shape index (κ1) is 14.5. The largest absolute Gasteiger partial charge is 0.384 e. The van der Waals surface area contributed by atoms with Crippen LogP contribution in [0.1, 0.15) is 42.2 Å². The normalized spacial score (nSPS) is 21.1. The summed E-state index contributed by atoms with van der Waals surface area (Å²) in [5.74, 6) is 6.36. The van der Waals surface area contributed by atoms with E-state index in [9.17, 15) is 4.79 Å². The van der Waals surface area contributed by atoms with Gasteiger partial charge in [0.25, 0.3) is 5.91 Å². The lowest BCUT2D eigenvalue weighted by Gasteiger charge is -2.15. The summed E-state index contributed by atoms with van der Waals surface area (Å²) in [4.78, 5) is 16.3. The Labute approximate surface area is 119 Å². The topological polar surface area (TPSA) is 62.2 Å². The van der Waals surface area contributed by atoms with Crippen molar-refractivity contribution in [2.45, 2.75) is 26.2 Å². The predicted molar refractivity (Wildman–Crippen MR) is 77.0 cm³/mol. The van der Waals surface area contributed by atoms with Crippen molar-refractivity contribution >= 4 is 5.91 Å². The molecule has 0 spiro atoms. The van der Waals surface area contributed by atoms with Gasteiger partial charge >= 0.3 is 0 Å². The van der Waals surface area contributed by atoms with Crippen molar-refractivity contribution in [3.05, 3.63) is 29.6 Å². The highest BCUT2D eigenvalue weighted by Crippen LogP contribution is 2.30. The Morgan fingerprint density at radius 1 is 1.55 bits per heavy atom. The summed E-state index contributed by atoms with van der Waals surface area (Å²) in [6.07, 6.45) is 5.26. The molecule has 2 unspecified atom stereocenters. The Kier molecular flexibility index (Phi) is 5.14. The fraction of sp³-hybridized carbons (Fsp3) is 0.500. The Balaban J connectivity index is 2.02. The van der Waals surface area contributed by atoms with E-state index in [0.717, 1.165) is 0 Å². The second-order valence-electron chi connectivity index (χ2n) is 5.24. The van der Waals surface area contributed by atoms with Gasteiger partial charge in [-0.2, -0.15) is 0 Å². The maximum absolute atomic E-state index is 12.2. The van der Waals surface area contributed by atoms with E-state index in [4.69, 9.17) is 5.11 Å². The number of nitrogens with zero attached hydrogens (tertiary/aromatic N) is 1. The van der Waals surface area contributed by atoms with Gasteiger partial charge in [0.1, 0.15) is 12.3 Å². The number of rotatable bonds is 3. The molecule has 1 saturated carbocycles. The van der Waals surface area contributed by atoms with Crippen LogP contribution >= 0.6 is 0 Å². The van der Waals surface area contributed by atoms with E-state index in [1.807, 2.05) is 0 Å². The fourth-order valence-electron chi connectivity index (χ4n) is 2.65. The number of carbonyl (C=O) groups is 1. The molecule has 0 aliphatic heterocycles. The van der Waals surface area contributed by atoms with Crippen molar-refractivity contribution in [3.8, 4) is 11.8 Å². The monoisotopic (exact) mass is 272 g/mol. The van der Waals surface area contributed by atoms with Crippen LogP contribution in [0.2, 0.25) is 0 Å². The Bertz CT molecular complexity index is 531. The van der Waals surface area contributed by atoms with Gasteiger partial charge in [-0.3, -0.25) is 4.79 Å². The first-order valence-electron chi connectivity index (χ1n) is 7.05. The van der Waals surface area contributed by atoms with Gasteiger partial charge in [0.2, 0.25) is 0 Å². The third-order valence-electron chi connectivity index (χ3n) is 3.89. The van der Waals surface area contributed by atoms with E-state index in [1.54, 1.807) is 18.3 Å². The van der Waals surface area contributed by atoms with E-state index >= 15 is 0 Å². The average molecular weight is 272 g/mol. The zero-order valence-corrected chi connectivity index (χ0v) is 11.7. The van der Waals surface area contributed by atoms with Gasteiger partial charge in [0.15, 0.2) is 0 Å². The van der Waals surface area contributed by atoms with Crippen LogP contribution in [0.3, 0.4) is 0 Å². The standard InChI is InChI=1S/C16H20N2O2/c1-12-5-2-6-14(12)11-18-16(20)15-13(8-4-10-19)7-3-9-17-15/h3,7,9,12,14,19H,2,5-6,10-11H2,1H3,(H,18,20). The number of aliphatic hydroxyl groups is 1. The molecule has 0 bridgehead atoms. The molecule has 0 saturated heterocycles. The molecule has 2 N–H and O–H groups in total. The molecule has 1 amide bonds. The number of hydrogen-bond acceptors (Lipinski definition) is 3. The number of carbonyl (C=O) groups excluding carboxylic acids is 1. The fourth-order valence-corrected chi connectivity index (χ4v) is 2.65. The van der Waals surface area contributed by atoms with Gasteiger partial charge in [0, 0.05) is 12.7 Å². The first-order chi connectivity index (χ1) is 9.72. The molecule has 1 fully saturated rings. The van der Waals surface area contributed by atoms with Gasteiger partial charge < -0.3 is 10.4 Å². The highest BCUT2D eigenvalue weighted by Gasteiger charge is 2.24. The maximum Gasteiger partial charge on any atom is 0.271 e. The third kappa shape index (κ3) is 3.58.